The van der Waals surface area contributed by atoms with Crippen LogP contribution in [0, 0.1) is 5.82 Å². The Morgan fingerprint density at radius 2 is 1.95 bits per heavy atom. The Labute approximate surface area is 112 Å². The quantitative estimate of drug-likeness (QED) is 0.743. The van der Waals surface area contributed by atoms with Crippen molar-refractivity contribution in [2.75, 3.05) is 20.2 Å². The van der Waals surface area contributed by atoms with E-state index in [2.05, 4.69) is 4.74 Å². The zero-order valence-electron chi connectivity index (χ0n) is 11.2. The summed E-state index contributed by atoms with van der Waals surface area (Å²) in [7, 11) is 1.30. The number of carbonyl (C=O) groups excluding carboxylic acids is 2. The lowest BCUT2D eigenvalue weighted by Crippen LogP contribution is -2.34. The molecule has 1 amide bonds. The molecule has 0 spiro atoms. The lowest BCUT2D eigenvalue weighted by molar-refractivity contribution is -0.140. The highest BCUT2D eigenvalue weighted by molar-refractivity contribution is 5.94. The molecule has 0 fully saturated rings. The normalized spacial score (nSPS) is 10.1. The van der Waals surface area contributed by atoms with Gasteiger partial charge in [0.05, 0.1) is 19.1 Å². The zero-order valence-corrected chi connectivity index (χ0v) is 11.2. The summed E-state index contributed by atoms with van der Waals surface area (Å²) in [5.41, 5.74) is 0.0285. The molecule has 0 saturated carbocycles. The molecule has 5 heteroatoms. The summed E-state index contributed by atoms with van der Waals surface area (Å²) in [6.07, 6.45) is 0.845. The largest absolute Gasteiger partial charge is 0.469 e. The third-order valence-corrected chi connectivity index (χ3v) is 2.70. The Bertz CT molecular complexity index is 448. The average molecular weight is 267 g/mol. The lowest BCUT2D eigenvalue weighted by atomic mass is 10.1. The molecular formula is C14H18FNO3. The number of benzene rings is 1. The van der Waals surface area contributed by atoms with Crippen molar-refractivity contribution in [3.8, 4) is 0 Å². The number of rotatable bonds is 6. The van der Waals surface area contributed by atoms with Crippen molar-refractivity contribution in [3.63, 3.8) is 0 Å². The molecule has 1 aromatic rings. The fraction of sp³-hybridized carbons (Fsp3) is 0.429. The van der Waals surface area contributed by atoms with Gasteiger partial charge in [-0.05, 0) is 18.6 Å². The predicted molar refractivity (Wildman–Crippen MR) is 69.2 cm³/mol. The summed E-state index contributed by atoms with van der Waals surface area (Å²) in [5.74, 6) is -1.34. The van der Waals surface area contributed by atoms with Gasteiger partial charge < -0.3 is 9.64 Å². The average Bonchev–Trinajstić information content (AvgIpc) is 2.42. The van der Waals surface area contributed by atoms with Gasteiger partial charge >= 0.3 is 5.97 Å². The predicted octanol–water partition coefficient (Wildman–Crippen LogP) is 2.24. The number of amides is 1. The van der Waals surface area contributed by atoms with Gasteiger partial charge in [-0.1, -0.05) is 19.1 Å². The van der Waals surface area contributed by atoms with Crippen LogP contribution in [0.4, 0.5) is 4.39 Å². The molecule has 0 aliphatic carbocycles. The van der Waals surface area contributed by atoms with E-state index in [1.807, 2.05) is 6.92 Å². The van der Waals surface area contributed by atoms with Crippen molar-refractivity contribution in [3.05, 3.63) is 35.6 Å². The van der Waals surface area contributed by atoms with Crippen LogP contribution >= 0.6 is 0 Å². The standard InChI is InChI=1S/C14H18FNO3/c1-3-9-16(10-8-13(17)19-2)14(18)11-6-4-5-7-12(11)15/h4-7H,3,8-10H2,1-2H3. The molecule has 19 heavy (non-hydrogen) atoms. The fourth-order valence-corrected chi connectivity index (χ4v) is 1.72. The number of nitrogens with zero attached hydrogens (tertiary/aromatic N) is 1. The molecule has 0 unspecified atom stereocenters. The number of carbonyl (C=O) groups is 2. The van der Waals surface area contributed by atoms with E-state index in [-0.39, 0.29) is 24.5 Å². The SMILES string of the molecule is CCCN(CCC(=O)OC)C(=O)c1ccccc1F. The van der Waals surface area contributed by atoms with E-state index in [0.717, 1.165) is 6.42 Å². The number of hydrogen-bond acceptors (Lipinski definition) is 3. The maximum absolute atomic E-state index is 13.6. The first-order valence-corrected chi connectivity index (χ1v) is 6.20. The van der Waals surface area contributed by atoms with Gasteiger partial charge in [0.1, 0.15) is 5.82 Å². The van der Waals surface area contributed by atoms with Crippen molar-refractivity contribution >= 4 is 11.9 Å². The van der Waals surface area contributed by atoms with Gasteiger partial charge in [-0.2, -0.15) is 0 Å². The lowest BCUT2D eigenvalue weighted by Gasteiger charge is -2.21. The van der Waals surface area contributed by atoms with E-state index in [9.17, 15) is 14.0 Å². The Morgan fingerprint density at radius 3 is 2.53 bits per heavy atom. The first-order chi connectivity index (χ1) is 9.10. The minimum absolute atomic E-state index is 0.0285. The van der Waals surface area contributed by atoms with Crippen LogP contribution in [0.3, 0.4) is 0 Å². The molecule has 0 bridgehead atoms. The molecule has 1 rings (SSSR count). The van der Waals surface area contributed by atoms with Gasteiger partial charge in [0, 0.05) is 13.1 Å². The first-order valence-electron chi connectivity index (χ1n) is 6.20. The summed E-state index contributed by atoms with van der Waals surface area (Å²) >= 11 is 0. The molecule has 0 heterocycles. The van der Waals surface area contributed by atoms with E-state index in [0.29, 0.717) is 6.54 Å². The molecule has 0 aromatic heterocycles. The number of hydrogen-bond donors (Lipinski definition) is 0. The van der Waals surface area contributed by atoms with Crippen molar-refractivity contribution < 1.29 is 18.7 Å². The first kappa shape index (κ1) is 15.1. The van der Waals surface area contributed by atoms with E-state index in [1.165, 1.54) is 30.2 Å². The van der Waals surface area contributed by atoms with Crippen molar-refractivity contribution in [1.29, 1.82) is 0 Å². The highest BCUT2D eigenvalue weighted by atomic mass is 19.1. The van der Waals surface area contributed by atoms with Crippen LogP contribution in [0.15, 0.2) is 24.3 Å². The van der Waals surface area contributed by atoms with Gasteiger partial charge in [-0.15, -0.1) is 0 Å². The minimum atomic E-state index is -0.549. The monoisotopic (exact) mass is 267 g/mol. The number of esters is 1. The maximum Gasteiger partial charge on any atom is 0.307 e. The van der Waals surface area contributed by atoms with Gasteiger partial charge in [0.2, 0.25) is 0 Å². The molecule has 0 radical (unpaired) electrons. The Kier molecular flexibility index (Phi) is 5.99. The topological polar surface area (TPSA) is 46.6 Å². The smallest absolute Gasteiger partial charge is 0.307 e. The molecule has 0 saturated heterocycles. The van der Waals surface area contributed by atoms with Crippen LogP contribution in [-0.2, 0) is 9.53 Å². The third-order valence-electron chi connectivity index (χ3n) is 2.70. The second-order valence-electron chi connectivity index (χ2n) is 4.10. The Hall–Kier alpha value is -1.91. The molecule has 0 aliphatic heterocycles. The van der Waals surface area contributed by atoms with Gasteiger partial charge in [-0.3, -0.25) is 9.59 Å². The molecule has 0 aliphatic rings. The maximum atomic E-state index is 13.6. The van der Waals surface area contributed by atoms with Crippen LogP contribution in [-0.4, -0.2) is 37.0 Å². The highest BCUT2D eigenvalue weighted by Crippen LogP contribution is 2.11. The number of methoxy groups -OCH3 is 1. The second-order valence-corrected chi connectivity index (χ2v) is 4.10. The summed E-state index contributed by atoms with van der Waals surface area (Å²) < 4.78 is 18.1. The summed E-state index contributed by atoms with van der Waals surface area (Å²) in [4.78, 5) is 24.8. The van der Waals surface area contributed by atoms with E-state index in [1.54, 1.807) is 6.07 Å². The van der Waals surface area contributed by atoms with Crippen LogP contribution in [0.25, 0.3) is 0 Å². The van der Waals surface area contributed by atoms with Crippen LogP contribution < -0.4 is 0 Å². The van der Waals surface area contributed by atoms with Crippen LogP contribution in [0.5, 0.6) is 0 Å². The van der Waals surface area contributed by atoms with Crippen LogP contribution in [0.2, 0.25) is 0 Å². The minimum Gasteiger partial charge on any atom is -0.469 e. The number of ether oxygens (including phenoxy) is 1. The van der Waals surface area contributed by atoms with E-state index < -0.39 is 11.7 Å². The molecule has 0 atom stereocenters. The van der Waals surface area contributed by atoms with E-state index in [4.69, 9.17) is 0 Å². The van der Waals surface area contributed by atoms with E-state index >= 15 is 0 Å². The highest BCUT2D eigenvalue weighted by Gasteiger charge is 2.19. The fourth-order valence-electron chi connectivity index (χ4n) is 1.72. The van der Waals surface area contributed by atoms with Crippen LogP contribution in [0.1, 0.15) is 30.1 Å². The molecular weight excluding hydrogens is 249 g/mol. The number of halogens is 1. The van der Waals surface area contributed by atoms with Gasteiger partial charge in [-0.25, -0.2) is 4.39 Å². The van der Waals surface area contributed by atoms with Gasteiger partial charge in [0.15, 0.2) is 0 Å². The third kappa shape index (κ3) is 4.35. The van der Waals surface area contributed by atoms with Crippen molar-refractivity contribution in [1.82, 2.24) is 4.90 Å². The molecule has 104 valence electrons. The van der Waals surface area contributed by atoms with Crippen molar-refractivity contribution in [2.45, 2.75) is 19.8 Å². The zero-order chi connectivity index (χ0) is 14.3. The molecule has 4 nitrogen and oxygen atoms in total. The molecule has 0 N–H and O–H groups in total. The van der Waals surface area contributed by atoms with Crippen molar-refractivity contribution in [2.24, 2.45) is 0 Å². The molecule has 1 aromatic carbocycles. The Morgan fingerprint density at radius 1 is 1.26 bits per heavy atom. The Balaban J connectivity index is 2.78. The summed E-state index contributed by atoms with van der Waals surface area (Å²) in [6, 6.07) is 5.83. The summed E-state index contributed by atoms with van der Waals surface area (Å²) in [6.45, 7) is 2.62. The second kappa shape index (κ2) is 7.51. The van der Waals surface area contributed by atoms with Gasteiger partial charge in [0.25, 0.3) is 5.91 Å². The summed E-state index contributed by atoms with van der Waals surface area (Å²) in [5, 5.41) is 0.